The molecule has 0 bridgehead atoms. The Kier molecular flexibility index (Phi) is 2.69. The Hall–Kier alpha value is -2.35. The van der Waals surface area contributed by atoms with Gasteiger partial charge in [-0.25, -0.2) is 0 Å². The summed E-state index contributed by atoms with van der Waals surface area (Å²) in [4.78, 5) is 0. The molecule has 0 aromatic heterocycles. The molecule has 2 nitrogen and oxygen atoms in total. The molecule has 0 spiro atoms. The highest BCUT2D eigenvalue weighted by Gasteiger charge is 2.17. The fourth-order valence-corrected chi connectivity index (χ4v) is 2.31. The maximum Gasteiger partial charge on any atom is 0.0914 e. The SMILES string of the molecule is ON=C1/C=c2/cccc/c2=C/C=C2/C=CC=CC12. The molecule has 0 amide bonds. The predicted molar refractivity (Wildman–Crippen MR) is 73.7 cm³/mol. The van der Waals surface area contributed by atoms with E-state index in [0.717, 1.165) is 16.0 Å². The van der Waals surface area contributed by atoms with Gasteiger partial charge in [-0.05, 0) is 22.1 Å². The van der Waals surface area contributed by atoms with Crippen LogP contribution in [0.1, 0.15) is 0 Å². The molecule has 0 fully saturated rings. The van der Waals surface area contributed by atoms with Gasteiger partial charge in [-0.3, -0.25) is 0 Å². The van der Waals surface area contributed by atoms with Gasteiger partial charge in [-0.2, -0.15) is 0 Å². The van der Waals surface area contributed by atoms with Gasteiger partial charge >= 0.3 is 0 Å². The Balaban J connectivity index is 2.31. The molecule has 3 rings (SSSR count). The number of oxime groups is 1. The summed E-state index contributed by atoms with van der Waals surface area (Å²) in [6, 6.07) is 8.08. The second-order valence-electron chi connectivity index (χ2n) is 4.35. The molecule has 0 radical (unpaired) electrons. The van der Waals surface area contributed by atoms with E-state index < -0.39 is 0 Å². The Labute approximate surface area is 105 Å². The molecule has 2 aliphatic rings. The third-order valence-corrected chi connectivity index (χ3v) is 3.25. The average Bonchev–Trinajstić information content (AvgIpc) is 2.41. The van der Waals surface area contributed by atoms with Crippen molar-refractivity contribution in [3.63, 3.8) is 0 Å². The Morgan fingerprint density at radius 1 is 1.00 bits per heavy atom. The molecule has 88 valence electrons. The van der Waals surface area contributed by atoms with E-state index in [2.05, 4.69) is 23.4 Å². The van der Waals surface area contributed by atoms with E-state index in [9.17, 15) is 5.21 Å². The van der Waals surface area contributed by atoms with E-state index in [-0.39, 0.29) is 5.92 Å². The molecule has 1 unspecified atom stereocenters. The van der Waals surface area contributed by atoms with E-state index in [0.29, 0.717) is 5.71 Å². The second kappa shape index (κ2) is 4.49. The lowest BCUT2D eigenvalue weighted by Crippen LogP contribution is -2.28. The van der Waals surface area contributed by atoms with E-state index in [1.54, 1.807) is 0 Å². The summed E-state index contributed by atoms with van der Waals surface area (Å²) >= 11 is 0. The standard InChI is InChI=1S/C16H13NO/c18-17-16-11-14-7-2-1-5-12(14)9-10-13-6-3-4-8-15(13)16/h1-11,15,18H/b12-9-,13-10-,14-11-,17-16?. The third kappa shape index (κ3) is 1.82. The lowest BCUT2D eigenvalue weighted by Gasteiger charge is -2.17. The van der Waals surface area contributed by atoms with E-state index >= 15 is 0 Å². The van der Waals surface area contributed by atoms with Crippen LogP contribution in [-0.2, 0) is 0 Å². The molecule has 1 atom stereocenters. The van der Waals surface area contributed by atoms with Gasteiger partial charge in [0.05, 0.1) is 5.71 Å². The molecule has 0 saturated carbocycles. The van der Waals surface area contributed by atoms with E-state index in [1.807, 2.05) is 48.6 Å². The van der Waals surface area contributed by atoms with Crippen molar-refractivity contribution in [2.24, 2.45) is 11.1 Å². The van der Waals surface area contributed by atoms with Crippen LogP contribution in [0.25, 0.3) is 12.2 Å². The van der Waals surface area contributed by atoms with Crippen molar-refractivity contribution in [2.45, 2.75) is 0 Å². The largest absolute Gasteiger partial charge is 0.411 e. The minimum atomic E-state index is 0.0320. The Morgan fingerprint density at radius 2 is 1.83 bits per heavy atom. The minimum Gasteiger partial charge on any atom is -0.411 e. The molecular weight excluding hydrogens is 222 g/mol. The zero-order valence-electron chi connectivity index (χ0n) is 9.82. The summed E-state index contributed by atoms with van der Waals surface area (Å²) in [5, 5.41) is 14.9. The molecule has 0 heterocycles. The van der Waals surface area contributed by atoms with Crippen LogP contribution in [0.15, 0.2) is 65.4 Å². The van der Waals surface area contributed by atoms with Crippen LogP contribution in [0.4, 0.5) is 0 Å². The molecule has 1 N–H and O–H groups in total. The van der Waals surface area contributed by atoms with Crippen LogP contribution in [0.2, 0.25) is 0 Å². The molecule has 0 aliphatic heterocycles. The highest BCUT2D eigenvalue weighted by Crippen LogP contribution is 2.21. The number of fused-ring (bicyclic) bond motifs is 2. The Bertz CT molecular complexity index is 705. The summed E-state index contributed by atoms with van der Waals surface area (Å²) in [6.07, 6.45) is 14.2. The van der Waals surface area contributed by atoms with Gasteiger partial charge in [0, 0.05) is 5.92 Å². The average molecular weight is 235 g/mol. The lowest BCUT2D eigenvalue weighted by atomic mass is 9.88. The first-order chi connectivity index (χ1) is 8.88. The monoisotopic (exact) mass is 235 g/mol. The third-order valence-electron chi connectivity index (χ3n) is 3.25. The fraction of sp³-hybridized carbons (Fsp3) is 0.0625. The van der Waals surface area contributed by atoms with Gasteiger partial charge in [0.2, 0.25) is 0 Å². The molecule has 1 aromatic carbocycles. The molecule has 1 aromatic rings. The second-order valence-corrected chi connectivity index (χ2v) is 4.35. The van der Waals surface area contributed by atoms with Crippen LogP contribution in [0.3, 0.4) is 0 Å². The summed E-state index contributed by atoms with van der Waals surface area (Å²) in [5.74, 6) is 0.0320. The molecule has 2 heteroatoms. The van der Waals surface area contributed by atoms with Gasteiger partial charge in [-0.1, -0.05) is 65.9 Å². The van der Waals surface area contributed by atoms with Crippen molar-refractivity contribution < 1.29 is 5.21 Å². The topological polar surface area (TPSA) is 32.6 Å². The number of rotatable bonds is 0. The number of hydrogen-bond donors (Lipinski definition) is 1. The van der Waals surface area contributed by atoms with Crippen LogP contribution in [0.5, 0.6) is 0 Å². The maximum absolute atomic E-state index is 9.23. The highest BCUT2D eigenvalue weighted by atomic mass is 16.4. The first-order valence-electron chi connectivity index (χ1n) is 5.94. The molecular formula is C16H13NO. The number of hydrogen-bond acceptors (Lipinski definition) is 2. The zero-order valence-corrected chi connectivity index (χ0v) is 9.82. The molecule has 2 aliphatic carbocycles. The van der Waals surface area contributed by atoms with Gasteiger partial charge in [0.25, 0.3) is 0 Å². The summed E-state index contributed by atoms with van der Waals surface area (Å²) in [6.45, 7) is 0. The lowest BCUT2D eigenvalue weighted by molar-refractivity contribution is 0.318. The first kappa shape index (κ1) is 10.8. The number of benzene rings is 1. The maximum atomic E-state index is 9.23. The smallest absolute Gasteiger partial charge is 0.0914 e. The van der Waals surface area contributed by atoms with Gasteiger partial charge in [-0.15, -0.1) is 0 Å². The van der Waals surface area contributed by atoms with Crippen LogP contribution >= 0.6 is 0 Å². The van der Waals surface area contributed by atoms with Crippen molar-refractivity contribution in [3.05, 3.63) is 70.7 Å². The normalized spacial score (nSPS) is 29.7. The van der Waals surface area contributed by atoms with Gasteiger partial charge < -0.3 is 5.21 Å². The number of allylic oxidation sites excluding steroid dienone is 6. The quantitative estimate of drug-likeness (QED) is 0.539. The summed E-state index contributed by atoms with van der Waals surface area (Å²) in [7, 11) is 0. The Morgan fingerprint density at radius 3 is 2.67 bits per heavy atom. The van der Waals surface area contributed by atoms with Crippen molar-refractivity contribution in [1.29, 1.82) is 0 Å². The summed E-state index contributed by atoms with van der Waals surface area (Å²) in [5.41, 5.74) is 1.80. The van der Waals surface area contributed by atoms with Crippen molar-refractivity contribution >= 4 is 17.9 Å². The zero-order chi connectivity index (χ0) is 12.4. The molecule has 0 saturated heterocycles. The van der Waals surface area contributed by atoms with Gasteiger partial charge in [0.15, 0.2) is 0 Å². The van der Waals surface area contributed by atoms with Gasteiger partial charge in [0.1, 0.15) is 0 Å². The molecule has 18 heavy (non-hydrogen) atoms. The van der Waals surface area contributed by atoms with E-state index in [4.69, 9.17) is 0 Å². The fourth-order valence-electron chi connectivity index (χ4n) is 2.31. The summed E-state index contributed by atoms with van der Waals surface area (Å²) < 4.78 is 0. The van der Waals surface area contributed by atoms with Crippen molar-refractivity contribution in [1.82, 2.24) is 0 Å². The number of nitrogens with zero attached hydrogens (tertiary/aromatic N) is 1. The predicted octanol–water partition coefficient (Wildman–Crippen LogP) is 1.76. The first-order valence-corrected chi connectivity index (χ1v) is 5.94. The minimum absolute atomic E-state index is 0.0320. The highest BCUT2D eigenvalue weighted by molar-refractivity contribution is 6.14. The van der Waals surface area contributed by atoms with Crippen LogP contribution in [-0.4, -0.2) is 10.9 Å². The van der Waals surface area contributed by atoms with Crippen molar-refractivity contribution in [2.75, 3.05) is 0 Å². The van der Waals surface area contributed by atoms with Crippen LogP contribution < -0.4 is 10.4 Å². The van der Waals surface area contributed by atoms with E-state index in [1.165, 1.54) is 0 Å². The van der Waals surface area contributed by atoms with Crippen LogP contribution in [0, 0.1) is 5.92 Å². The van der Waals surface area contributed by atoms with Crippen molar-refractivity contribution in [3.8, 4) is 0 Å².